The highest BCUT2D eigenvalue weighted by Gasteiger charge is 2.34. The summed E-state index contributed by atoms with van der Waals surface area (Å²) in [6.45, 7) is 1.52. The molecule has 0 aliphatic carbocycles. The fraction of sp³-hybridized carbons (Fsp3) is 0.571. The Morgan fingerprint density at radius 1 is 1.54 bits per heavy atom. The zero-order valence-electron chi connectivity index (χ0n) is 7.10. The lowest BCUT2D eigenvalue weighted by Gasteiger charge is -2.12. The van der Waals surface area contributed by atoms with Crippen LogP contribution in [0.2, 0.25) is 0 Å². The molecule has 0 bridgehead atoms. The van der Waals surface area contributed by atoms with Crippen LogP contribution >= 0.6 is 0 Å². The third-order valence-electron chi connectivity index (χ3n) is 1.63. The molecule has 0 aromatic carbocycles. The molecular weight excluding hydrogens is 183 g/mol. The molecule has 0 amide bonds. The Kier molecular flexibility index (Phi) is 2.60. The van der Waals surface area contributed by atoms with Crippen molar-refractivity contribution < 1.29 is 13.2 Å². The number of hydrogen-bond donors (Lipinski definition) is 1. The Morgan fingerprint density at radius 2 is 2.15 bits per heavy atom. The first-order chi connectivity index (χ1) is 5.96. The standard InChI is InChI=1S/C7H10F3N3/c1-5-4-12-6(2-3-11)13(5)7(8,9)10/h4H,2-3,11H2,1H3. The number of halogens is 3. The van der Waals surface area contributed by atoms with Gasteiger partial charge in [0.05, 0.1) is 0 Å². The normalized spacial score (nSPS) is 12.1. The molecule has 0 saturated carbocycles. The molecule has 1 aromatic heterocycles. The van der Waals surface area contributed by atoms with Crippen LogP contribution in [0.5, 0.6) is 0 Å². The maximum absolute atomic E-state index is 12.3. The maximum atomic E-state index is 12.3. The summed E-state index contributed by atoms with van der Waals surface area (Å²) < 4.78 is 37.3. The molecule has 0 unspecified atom stereocenters. The van der Waals surface area contributed by atoms with E-state index in [1.54, 1.807) is 0 Å². The van der Waals surface area contributed by atoms with Crippen LogP contribution in [0.15, 0.2) is 6.20 Å². The minimum atomic E-state index is -4.40. The summed E-state index contributed by atoms with van der Waals surface area (Å²) in [7, 11) is 0. The summed E-state index contributed by atoms with van der Waals surface area (Å²) in [5, 5.41) is 0. The van der Waals surface area contributed by atoms with Crippen molar-refractivity contribution in [2.75, 3.05) is 6.54 Å². The van der Waals surface area contributed by atoms with Gasteiger partial charge in [-0.3, -0.25) is 0 Å². The van der Waals surface area contributed by atoms with Gasteiger partial charge in [-0.25, -0.2) is 9.55 Å². The van der Waals surface area contributed by atoms with Crippen LogP contribution in [0.4, 0.5) is 13.2 Å². The van der Waals surface area contributed by atoms with Crippen LogP contribution in [0.3, 0.4) is 0 Å². The molecule has 0 radical (unpaired) electrons. The Balaban J connectivity index is 3.09. The van der Waals surface area contributed by atoms with Crippen molar-refractivity contribution in [1.82, 2.24) is 9.55 Å². The fourth-order valence-electron chi connectivity index (χ4n) is 1.14. The zero-order chi connectivity index (χ0) is 10.1. The smallest absolute Gasteiger partial charge is 0.330 e. The van der Waals surface area contributed by atoms with Crippen molar-refractivity contribution >= 4 is 0 Å². The van der Waals surface area contributed by atoms with E-state index < -0.39 is 6.30 Å². The Hall–Kier alpha value is -1.04. The van der Waals surface area contributed by atoms with Crippen LogP contribution in [0, 0.1) is 6.92 Å². The van der Waals surface area contributed by atoms with E-state index in [9.17, 15) is 13.2 Å². The van der Waals surface area contributed by atoms with Crippen molar-refractivity contribution in [1.29, 1.82) is 0 Å². The largest absolute Gasteiger partial charge is 0.490 e. The number of nitrogens with zero attached hydrogens (tertiary/aromatic N) is 2. The molecule has 1 rings (SSSR count). The Bertz CT molecular complexity index is 290. The van der Waals surface area contributed by atoms with E-state index in [1.807, 2.05) is 0 Å². The second-order valence-electron chi connectivity index (χ2n) is 2.66. The van der Waals surface area contributed by atoms with Gasteiger partial charge in [-0.05, 0) is 13.5 Å². The van der Waals surface area contributed by atoms with Gasteiger partial charge < -0.3 is 5.73 Å². The number of rotatable bonds is 2. The molecule has 0 aliphatic rings. The quantitative estimate of drug-likeness (QED) is 0.766. The molecule has 2 N–H and O–H groups in total. The highest BCUT2D eigenvalue weighted by Crippen LogP contribution is 2.25. The zero-order valence-corrected chi connectivity index (χ0v) is 7.10. The molecule has 13 heavy (non-hydrogen) atoms. The number of hydrogen-bond acceptors (Lipinski definition) is 2. The first kappa shape index (κ1) is 10.0. The first-order valence-electron chi connectivity index (χ1n) is 3.77. The molecule has 6 heteroatoms. The second kappa shape index (κ2) is 3.37. The van der Waals surface area contributed by atoms with E-state index in [2.05, 4.69) is 4.98 Å². The minimum Gasteiger partial charge on any atom is -0.330 e. The minimum absolute atomic E-state index is 0.0347. The van der Waals surface area contributed by atoms with Crippen LogP contribution < -0.4 is 5.73 Å². The lowest BCUT2D eigenvalue weighted by Crippen LogP contribution is -2.22. The third-order valence-corrected chi connectivity index (χ3v) is 1.63. The summed E-state index contributed by atoms with van der Waals surface area (Å²) >= 11 is 0. The molecule has 0 aliphatic heterocycles. The van der Waals surface area contributed by atoms with Crippen molar-refractivity contribution in [3.63, 3.8) is 0 Å². The van der Waals surface area contributed by atoms with Crippen LogP contribution in [0.1, 0.15) is 11.5 Å². The van der Waals surface area contributed by atoms with Crippen LogP contribution in [0.25, 0.3) is 0 Å². The molecule has 0 saturated heterocycles. The van der Waals surface area contributed by atoms with Gasteiger partial charge in [-0.15, -0.1) is 13.2 Å². The van der Waals surface area contributed by atoms with Crippen molar-refractivity contribution in [3.8, 4) is 0 Å². The van der Waals surface area contributed by atoms with E-state index in [0.717, 1.165) is 0 Å². The lowest BCUT2D eigenvalue weighted by atomic mass is 10.4. The summed E-state index contributed by atoms with van der Waals surface area (Å²) in [5.41, 5.74) is 5.24. The lowest BCUT2D eigenvalue weighted by molar-refractivity contribution is -0.206. The number of nitrogens with two attached hydrogens (primary N) is 1. The molecule has 0 spiro atoms. The highest BCUT2D eigenvalue weighted by molar-refractivity contribution is 5.05. The summed E-state index contributed by atoms with van der Waals surface area (Å²) in [6.07, 6.45) is -3.07. The average molecular weight is 193 g/mol. The van der Waals surface area contributed by atoms with Crippen molar-refractivity contribution in [2.24, 2.45) is 5.73 Å². The maximum Gasteiger partial charge on any atom is 0.490 e. The summed E-state index contributed by atoms with van der Waals surface area (Å²) in [5.74, 6) is -0.0347. The molecule has 0 fully saturated rings. The van der Waals surface area contributed by atoms with E-state index in [1.165, 1.54) is 13.1 Å². The predicted octanol–water partition coefficient (Wildman–Crippen LogP) is 1.17. The van der Waals surface area contributed by atoms with E-state index in [4.69, 9.17) is 5.73 Å². The topological polar surface area (TPSA) is 43.8 Å². The molecule has 1 aromatic rings. The fourth-order valence-corrected chi connectivity index (χ4v) is 1.14. The van der Waals surface area contributed by atoms with Gasteiger partial charge in [0, 0.05) is 18.3 Å². The van der Waals surface area contributed by atoms with Gasteiger partial charge in [-0.2, -0.15) is 0 Å². The number of aromatic nitrogens is 2. The van der Waals surface area contributed by atoms with Gasteiger partial charge >= 0.3 is 6.30 Å². The van der Waals surface area contributed by atoms with Crippen molar-refractivity contribution in [2.45, 2.75) is 19.6 Å². The van der Waals surface area contributed by atoms with Gasteiger partial charge in [0.1, 0.15) is 5.82 Å². The van der Waals surface area contributed by atoms with Crippen molar-refractivity contribution in [3.05, 3.63) is 17.7 Å². The third kappa shape index (κ3) is 2.00. The SMILES string of the molecule is Cc1cnc(CCN)n1C(F)(F)F. The summed E-state index contributed by atoms with van der Waals surface area (Å²) in [4.78, 5) is 3.63. The number of aryl methyl sites for hydroxylation is 1. The van der Waals surface area contributed by atoms with E-state index in [0.29, 0.717) is 0 Å². The molecule has 74 valence electrons. The predicted molar refractivity (Wildman–Crippen MR) is 41.0 cm³/mol. The Morgan fingerprint density at radius 3 is 2.62 bits per heavy atom. The van der Waals surface area contributed by atoms with Gasteiger partial charge in [0.15, 0.2) is 0 Å². The van der Waals surface area contributed by atoms with Crippen LogP contribution in [-0.2, 0) is 12.7 Å². The van der Waals surface area contributed by atoms with Gasteiger partial charge in [-0.1, -0.05) is 0 Å². The van der Waals surface area contributed by atoms with E-state index in [-0.39, 0.29) is 29.1 Å². The Labute approximate surface area is 73.4 Å². The van der Waals surface area contributed by atoms with E-state index >= 15 is 0 Å². The molecular formula is C7H10F3N3. The van der Waals surface area contributed by atoms with Gasteiger partial charge in [0.25, 0.3) is 0 Å². The number of alkyl halides is 3. The molecule has 1 heterocycles. The monoisotopic (exact) mass is 193 g/mol. The van der Waals surface area contributed by atoms with Crippen LogP contribution in [-0.4, -0.2) is 16.1 Å². The second-order valence-corrected chi connectivity index (χ2v) is 2.66. The molecule has 0 atom stereocenters. The first-order valence-corrected chi connectivity index (χ1v) is 3.77. The molecule has 3 nitrogen and oxygen atoms in total. The average Bonchev–Trinajstić information content (AvgIpc) is 2.31. The highest BCUT2D eigenvalue weighted by atomic mass is 19.4. The van der Waals surface area contributed by atoms with Gasteiger partial charge in [0.2, 0.25) is 0 Å². The number of imidazole rings is 1. The summed E-state index contributed by atoms with van der Waals surface area (Å²) in [6, 6.07) is 0.